The Hall–Kier alpha value is -2.17. The van der Waals surface area contributed by atoms with E-state index in [1.165, 1.54) is 11.1 Å². The lowest BCUT2D eigenvalue weighted by molar-refractivity contribution is -0.143. The zero-order valence-electron chi connectivity index (χ0n) is 16.2. The van der Waals surface area contributed by atoms with Crippen molar-refractivity contribution in [3.8, 4) is 0 Å². The Kier molecular flexibility index (Phi) is 7.43. The molecule has 3 rings (SSSR count). The molecular weight excluding hydrogens is 336 g/mol. The van der Waals surface area contributed by atoms with Crippen molar-refractivity contribution in [2.75, 3.05) is 26.2 Å². The van der Waals surface area contributed by atoms with Crippen molar-refractivity contribution in [2.45, 2.75) is 38.9 Å². The van der Waals surface area contributed by atoms with Gasteiger partial charge in [-0.15, -0.1) is 0 Å². The molecule has 1 atom stereocenters. The molecule has 0 radical (unpaired) electrons. The first kappa shape index (κ1) is 19.6. The molecule has 2 aromatic carbocycles. The number of benzene rings is 2. The molecule has 0 amide bonds. The maximum absolute atomic E-state index is 11.9. The van der Waals surface area contributed by atoms with Crippen LogP contribution in [0.4, 0.5) is 0 Å². The smallest absolute Gasteiger partial charge is 0.305 e. The number of piperazine rings is 1. The summed E-state index contributed by atoms with van der Waals surface area (Å²) in [5.41, 5.74) is 2.67. The van der Waals surface area contributed by atoms with Crippen LogP contribution in [0.2, 0.25) is 0 Å². The predicted molar refractivity (Wildman–Crippen MR) is 108 cm³/mol. The molecule has 2 aromatic rings. The van der Waals surface area contributed by atoms with Crippen LogP contribution in [0.3, 0.4) is 0 Å². The van der Waals surface area contributed by atoms with Gasteiger partial charge < -0.3 is 4.74 Å². The molecule has 0 N–H and O–H groups in total. The van der Waals surface area contributed by atoms with Crippen LogP contribution in [0.25, 0.3) is 0 Å². The van der Waals surface area contributed by atoms with E-state index < -0.39 is 0 Å². The zero-order valence-corrected chi connectivity index (χ0v) is 16.2. The first-order chi connectivity index (χ1) is 13.2. The molecule has 4 heteroatoms. The fourth-order valence-corrected chi connectivity index (χ4v) is 3.76. The van der Waals surface area contributed by atoms with Crippen molar-refractivity contribution in [2.24, 2.45) is 0 Å². The number of rotatable bonds is 8. The van der Waals surface area contributed by atoms with Gasteiger partial charge in [0.25, 0.3) is 0 Å². The minimum absolute atomic E-state index is 0.0858. The van der Waals surface area contributed by atoms with E-state index in [-0.39, 0.29) is 5.97 Å². The topological polar surface area (TPSA) is 32.8 Å². The van der Waals surface area contributed by atoms with E-state index in [1.807, 2.05) is 6.92 Å². The predicted octanol–water partition coefficient (Wildman–Crippen LogP) is 3.72. The largest absolute Gasteiger partial charge is 0.466 e. The fraction of sp³-hybridized carbons (Fsp3) is 0.435. The van der Waals surface area contributed by atoms with Crippen molar-refractivity contribution in [1.82, 2.24) is 9.80 Å². The first-order valence-electron chi connectivity index (χ1n) is 9.94. The highest BCUT2D eigenvalue weighted by Gasteiger charge is 2.27. The van der Waals surface area contributed by atoms with Gasteiger partial charge in [0.15, 0.2) is 0 Å². The third-order valence-corrected chi connectivity index (χ3v) is 5.15. The van der Waals surface area contributed by atoms with E-state index in [4.69, 9.17) is 4.74 Å². The average molecular weight is 367 g/mol. The highest BCUT2D eigenvalue weighted by molar-refractivity contribution is 5.69. The number of carbonyl (C=O) groups excluding carboxylic acids is 1. The number of esters is 1. The molecule has 0 saturated carbocycles. The van der Waals surface area contributed by atoms with Crippen LogP contribution in [-0.4, -0.2) is 48.1 Å². The Bertz CT molecular complexity index is 690. The van der Waals surface area contributed by atoms with Crippen molar-refractivity contribution >= 4 is 5.97 Å². The quantitative estimate of drug-likeness (QED) is 0.667. The molecular formula is C23H30N2O2. The van der Waals surface area contributed by atoms with Gasteiger partial charge >= 0.3 is 5.97 Å². The van der Waals surface area contributed by atoms with E-state index >= 15 is 0 Å². The first-order valence-corrected chi connectivity index (χ1v) is 9.94. The van der Waals surface area contributed by atoms with Crippen LogP contribution in [0, 0.1) is 0 Å². The molecule has 1 aliphatic rings. The summed E-state index contributed by atoms with van der Waals surface area (Å²) in [4.78, 5) is 16.9. The minimum atomic E-state index is -0.0858. The maximum atomic E-state index is 11.9. The van der Waals surface area contributed by atoms with Gasteiger partial charge in [0.2, 0.25) is 0 Å². The summed E-state index contributed by atoms with van der Waals surface area (Å²) in [6, 6.07) is 21.6. The van der Waals surface area contributed by atoms with Crippen LogP contribution in [0.5, 0.6) is 0 Å². The molecule has 4 nitrogen and oxygen atoms in total. The van der Waals surface area contributed by atoms with Gasteiger partial charge in [-0.2, -0.15) is 0 Å². The maximum Gasteiger partial charge on any atom is 0.305 e. The molecule has 1 heterocycles. The van der Waals surface area contributed by atoms with Crippen molar-refractivity contribution in [3.05, 3.63) is 71.8 Å². The molecule has 0 aromatic heterocycles. The Morgan fingerprint density at radius 1 is 0.963 bits per heavy atom. The molecule has 1 saturated heterocycles. The molecule has 0 bridgehead atoms. The average Bonchev–Trinajstić information content (AvgIpc) is 2.70. The van der Waals surface area contributed by atoms with E-state index in [0.29, 0.717) is 19.1 Å². The molecule has 0 aliphatic carbocycles. The summed E-state index contributed by atoms with van der Waals surface area (Å²) in [7, 11) is 0. The van der Waals surface area contributed by atoms with Gasteiger partial charge in [0.05, 0.1) is 6.61 Å². The minimum Gasteiger partial charge on any atom is -0.466 e. The fourth-order valence-electron chi connectivity index (χ4n) is 3.76. The van der Waals surface area contributed by atoms with Crippen molar-refractivity contribution in [1.29, 1.82) is 0 Å². The highest BCUT2D eigenvalue weighted by Crippen LogP contribution is 2.20. The number of carbonyl (C=O) groups is 1. The summed E-state index contributed by atoms with van der Waals surface area (Å²) in [5, 5.41) is 0. The van der Waals surface area contributed by atoms with Gasteiger partial charge in [-0.25, -0.2) is 0 Å². The van der Waals surface area contributed by atoms with E-state index in [0.717, 1.165) is 39.1 Å². The zero-order chi connectivity index (χ0) is 18.9. The Morgan fingerprint density at radius 2 is 1.59 bits per heavy atom. The summed E-state index contributed by atoms with van der Waals surface area (Å²) in [6.45, 7) is 7.29. The second kappa shape index (κ2) is 10.2. The summed E-state index contributed by atoms with van der Waals surface area (Å²) >= 11 is 0. The standard InChI is InChI=1S/C23H30N2O2/c1-2-27-23(26)14-13-22-19-24(17-20-9-5-3-6-10-20)15-16-25(22)18-21-11-7-4-8-12-21/h3-12,22H,2,13-19H2,1H3. The van der Waals surface area contributed by atoms with Gasteiger partial charge in [-0.3, -0.25) is 14.6 Å². The van der Waals surface area contributed by atoms with Gasteiger partial charge in [0, 0.05) is 45.2 Å². The monoisotopic (exact) mass is 366 g/mol. The Labute approximate surface area is 162 Å². The van der Waals surface area contributed by atoms with Crippen molar-refractivity contribution < 1.29 is 9.53 Å². The summed E-state index contributed by atoms with van der Waals surface area (Å²) in [6.07, 6.45) is 1.33. The highest BCUT2D eigenvalue weighted by atomic mass is 16.5. The van der Waals surface area contributed by atoms with E-state index in [9.17, 15) is 4.79 Å². The normalized spacial score (nSPS) is 18.3. The SMILES string of the molecule is CCOC(=O)CCC1CN(Cc2ccccc2)CCN1Cc1ccccc1. The Morgan fingerprint density at radius 3 is 2.22 bits per heavy atom. The second-order valence-corrected chi connectivity index (χ2v) is 7.17. The van der Waals surface area contributed by atoms with Crippen LogP contribution in [-0.2, 0) is 22.6 Å². The van der Waals surface area contributed by atoms with Crippen LogP contribution < -0.4 is 0 Å². The molecule has 144 valence electrons. The van der Waals surface area contributed by atoms with Crippen LogP contribution in [0.15, 0.2) is 60.7 Å². The molecule has 0 spiro atoms. The number of hydrogen-bond donors (Lipinski definition) is 0. The van der Waals surface area contributed by atoms with Crippen molar-refractivity contribution in [3.63, 3.8) is 0 Å². The van der Waals surface area contributed by atoms with E-state index in [1.54, 1.807) is 0 Å². The molecule has 1 aliphatic heterocycles. The van der Waals surface area contributed by atoms with Crippen LogP contribution >= 0.6 is 0 Å². The third-order valence-electron chi connectivity index (χ3n) is 5.15. The third kappa shape index (κ3) is 6.19. The summed E-state index contributed by atoms with van der Waals surface area (Å²) < 4.78 is 5.14. The van der Waals surface area contributed by atoms with Gasteiger partial charge in [-0.1, -0.05) is 60.7 Å². The molecule has 1 fully saturated rings. The molecule has 1 unspecified atom stereocenters. The van der Waals surface area contributed by atoms with E-state index in [2.05, 4.69) is 70.5 Å². The molecule has 27 heavy (non-hydrogen) atoms. The Balaban J connectivity index is 1.62. The second-order valence-electron chi connectivity index (χ2n) is 7.17. The lowest BCUT2D eigenvalue weighted by atomic mass is 10.0. The number of ether oxygens (including phenoxy) is 1. The lowest BCUT2D eigenvalue weighted by Crippen LogP contribution is -2.52. The summed E-state index contributed by atoms with van der Waals surface area (Å²) in [5.74, 6) is -0.0858. The number of hydrogen-bond acceptors (Lipinski definition) is 4. The van der Waals surface area contributed by atoms with Gasteiger partial charge in [0.1, 0.15) is 0 Å². The number of nitrogens with zero attached hydrogens (tertiary/aromatic N) is 2. The van der Waals surface area contributed by atoms with Crippen LogP contribution in [0.1, 0.15) is 30.9 Å². The lowest BCUT2D eigenvalue weighted by Gasteiger charge is -2.41. The van der Waals surface area contributed by atoms with Gasteiger partial charge in [-0.05, 0) is 24.5 Å².